The number of aliphatic carboxylic acids is 1. The van der Waals surface area contributed by atoms with Crippen LogP contribution >= 0.6 is 0 Å². The van der Waals surface area contributed by atoms with Crippen molar-refractivity contribution in [1.29, 1.82) is 0 Å². The second kappa shape index (κ2) is 13.0. The number of hydrogen-bond acceptors (Lipinski definition) is 5. The number of carbonyl (C=O) groups excluding carboxylic acids is 4. The molecule has 1 fully saturated rings. The van der Waals surface area contributed by atoms with Gasteiger partial charge in [0.2, 0.25) is 5.91 Å². The minimum Gasteiger partial charge on any atom is -0.481 e. The number of carboxylic acid groups (broad SMARTS) is 1. The van der Waals surface area contributed by atoms with Gasteiger partial charge in [-0.15, -0.1) is 0 Å². The lowest BCUT2D eigenvalue weighted by Gasteiger charge is -2.36. The van der Waals surface area contributed by atoms with E-state index in [0.29, 0.717) is 18.3 Å². The van der Waals surface area contributed by atoms with Crippen LogP contribution in [-0.2, 0) is 19.2 Å². The Balaban J connectivity index is 2.03. The molecule has 1 aliphatic rings. The summed E-state index contributed by atoms with van der Waals surface area (Å²) in [7, 11) is 0. The Kier molecular flexibility index (Phi) is 10.4. The highest BCUT2D eigenvalue weighted by molar-refractivity contribution is 5.98. The summed E-state index contributed by atoms with van der Waals surface area (Å²) in [6, 6.07) is 7.04. The van der Waals surface area contributed by atoms with Gasteiger partial charge in [-0.1, -0.05) is 45.4 Å². The molecular weight excluding hydrogens is 436 g/mol. The molecule has 1 aliphatic carbocycles. The van der Waals surface area contributed by atoms with E-state index < -0.39 is 30.4 Å². The molecule has 2 rings (SSSR count). The van der Waals surface area contributed by atoms with E-state index in [4.69, 9.17) is 5.11 Å². The van der Waals surface area contributed by atoms with Gasteiger partial charge >= 0.3 is 5.97 Å². The van der Waals surface area contributed by atoms with Crippen molar-refractivity contribution in [2.45, 2.75) is 71.4 Å². The van der Waals surface area contributed by atoms with Gasteiger partial charge < -0.3 is 20.5 Å². The van der Waals surface area contributed by atoms with Crippen LogP contribution in [0, 0.1) is 23.7 Å². The molecule has 1 aromatic rings. The fourth-order valence-electron chi connectivity index (χ4n) is 4.84. The van der Waals surface area contributed by atoms with Gasteiger partial charge in [0.15, 0.2) is 5.78 Å². The molecule has 5 atom stereocenters. The van der Waals surface area contributed by atoms with Crippen LogP contribution in [-0.4, -0.2) is 47.0 Å². The van der Waals surface area contributed by atoms with Crippen LogP contribution in [0.15, 0.2) is 30.3 Å². The van der Waals surface area contributed by atoms with Crippen molar-refractivity contribution >= 4 is 29.9 Å². The lowest BCUT2D eigenvalue weighted by atomic mass is 9.70. The molecule has 8 nitrogen and oxygen atoms in total. The molecule has 34 heavy (non-hydrogen) atoms. The third kappa shape index (κ3) is 7.78. The fraction of sp³-hybridized carbons (Fsp3) is 0.577. The van der Waals surface area contributed by atoms with E-state index in [1.54, 1.807) is 24.3 Å². The predicted octanol–water partition coefficient (Wildman–Crippen LogP) is 3.00. The Morgan fingerprint density at radius 3 is 2.35 bits per heavy atom. The standard InChI is InChI=1S/C26H36N2O6/c1-16(2)24(28-25(33)19-9-5-4-6-10-19)21(30)13-12-18-11-7-8-17(3)23(18)26(34)27-20(15-29)14-22(31)32/h4-6,9-10,15-18,20,23-24H,7-8,11-14H2,1-3H3,(H,27,34)(H,28,33)(H,31,32)/t17-,18?,20?,23?,24?/m0/s1. The van der Waals surface area contributed by atoms with E-state index in [1.165, 1.54) is 0 Å². The van der Waals surface area contributed by atoms with Crippen LogP contribution in [0.25, 0.3) is 0 Å². The average molecular weight is 473 g/mol. The normalized spacial score (nSPS) is 21.8. The predicted molar refractivity (Wildman–Crippen MR) is 127 cm³/mol. The van der Waals surface area contributed by atoms with Gasteiger partial charge in [-0.25, -0.2) is 0 Å². The Labute approximate surface area is 200 Å². The van der Waals surface area contributed by atoms with Gasteiger partial charge in [-0.2, -0.15) is 0 Å². The van der Waals surface area contributed by atoms with Crippen molar-refractivity contribution in [3.8, 4) is 0 Å². The van der Waals surface area contributed by atoms with Gasteiger partial charge in [0, 0.05) is 17.9 Å². The summed E-state index contributed by atoms with van der Waals surface area (Å²) >= 11 is 0. The molecule has 2 amide bonds. The number of Topliss-reactive ketones (excluding diaryl/α,β-unsaturated/α-hetero) is 1. The molecule has 0 bridgehead atoms. The summed E-state index contributed by atoms with van der Waals surface area (Å²) in [4.78, 5) is 60.7. The zero-order chi connectivity index (χ0) is 25.3. The average Bonchev–Trinajstić information content (AvgIpc) is 2.80. The number of carbonyl (C=O) groups is 5. The summed E-state index contributed by atoms with van der Waals surface area (Å²) in [5.74, 6) is -2.34. The summed E-state index contributed by atoms with van der Waals surface area (Å²) in [5, 5.41) is 14.4. The van der Waals surface area contributed by atoms with Crippen molar-refractivity contribution in [3.05, 3.63) is 35.9 Å². The molecule has 1 saturated carbocycles. The smallest absolute Gasteiger partial charge is 0.305 e. The maximum atomic E-state index is 13.1. The summed E-state index contributed by atoms with van der Waals surface area (Å²) in [6.45, 7) is 5.74. The first-order chi connectivity index (χ1) is 16.1. The molecule has 0 heterocycles. The van der Waals surface area contributed by atoms with Gasteiger partial charge in [-0.3, -0.25) is 19.2 Å². The number of rotatable bonds is 12. The van der Waals surface area contributed by atoms with Crippen LogP contribution in [0.1, 0.15) is 69.7 Å². The van der Waals surface area contributed by atoms with E-state index in [0.717, 1.165) is 19.3 Å². The summed E-state index contributed by atoms with van der Waals surface area (Å²) in [6.07, 6.45) is 3.28. The van der Waals surface area contributed by atoms with E-state index >= 15 is 0 Å². The van der Waals surface area contributed by atoms with Gasteiger partial charge in [0.1, 0.15) is 6.29 Å². The van der Waals surface area contributed by atoms with E-state index in [9.17, 15) is 24.0 Å². The minimum absolute atomic E-state index is 0.0533. The molecule has 4 unspecified atom stereocenters. The quantitative estimate of drug-likeness (QED) is 0.401. The Morgan fingerprint density at radius 1 is 1.09 bits per heavy atom. The lowest BCUT2D eigenvalue weighted by molar-refractivity contribution is -0.139. The van der Waals surface area contributed by atoms with Crippen LogP contribution in [0.3, 0.4) is 0 Å². The monoisotopic (exact) mass is 472 g/mol. The van der Waals surface area contributed by atoms with E-state index in [1.807, 2.05) is 26.8 Å². The number of carboxylic acids is 1. The first-order valence-corrected chi connectivity index (χ1v) is 12.0. The summed E-state index contributed by atoms with van der Waals surface area (Å²) < 4.78 is 0. The second-order valence-electron chi connectivity index (χ2n) is 9.61. The minimum atomic E-state index is -1.16. The highest BCUT2D eigenvalue weighted by Gasteiger charge is 2.37. The molecule has 0 spiro atoms. The first-order valence-electron chi connectivity index (χ1n) is 12.0. The van der Waals surface area contributed by atoms with Gasteiger partial charge in [0.05, 0.1) is 18.5 Å². The SMILES string of the molecule is CC(C)C(NC(=O)c1ccccc1)C(=O)CCC1CCC[C@H](C)C1C(=O)NC(C=O)CC(=O)O. The maximum absolute atomic E-state index is 13.1. The molecule has 0 saturated heterocycles. The number of hydrogen-bond donors (Lipinski definition) is 3. The molecular formula is C26H36N2O6. The molecule has 0 aromatic heterocycles. The second-order valence-corrected chi connectivity index (χ2v) is 9.61. The number of nitrogens with one attached hydrogen (secondary N) is 2. The third-order valence-corrected chi connectivity index (χ3v) is 6.64. The molecule has 0 radical (unpaired) electrons. The highest BCUT2D eigenvalue weighted by Crippen LogP contribution is 2.37. The van der Waals surface area contributed by atoms with Crippen molar-refractivity contribution in [2.24, 2.45) is 23.7 Å². The van der Waals surface area contributed by atoms with Crippen LogP contribution in [0.5, 0.6) is 0 Å². The van der Waals surface area contributed by atoms with Crippen molar-refractivity contribution in [2.75, 3.05) is 0 Å². The van der Waals surface area contributed by atoms with Gasteiger partial charge in [-0.05, 0) is 49.1 Å². The Bertz CT molecular complexity index is 869. The molecule has 3 N–H and O–H groups in total. The van der Waals surface area contributed by atoms with Crippen molar-refractivity contribution in [1.82, 2.24) is 10.6 Å². The molecule has 8 heteroatoms. The Hall–Kier alpha value is -3.03. The van der Waals surface area contributed by atoms with E-state index in [-0.39, 0.29) is 41.8 Å². The van der Waals surface area contributed by atoms with Crippen LogP contribution in [0.2, 0.25) is 0 Å². The lowest BCUT2D eigenvalue weighted by Crippen LogP contribution is -2.47. The third-order valence-electron chi connectivity index (χ3n) is 6.64. The first kappa shape index (κ1) is 27.2. The van der Waals surface area contributed by atoms with Crippen LogP contribution < -0.4 is 10.6 Å². The van der Waals surface area contributed by atoms with Gasteiger partial charge in [0.25, 0.3) is 5.91 Å². The fourth-order valence-corrected chi connectivity index (χ4v) is 4.84. The molecule has 0 aliphatic heterocycles. The molecule has 1 aromatic carbocycles. The topological polar surface area (TPSA) is 130 Å². The van der Waals surface area contributed by atoms with E-state index in [2.05, 4.69) is 10.6 Å². The number of benzene rings is 1. The zero-order valence-electron chi connectivity index (χ0n) is 20.2. The maximum Gasteiger partial charge on any atom is 0.305 e. The highest BCUT2D eigenvalue weighted by atomic mass is 16.4. The zero-order valence-corrected chi connectivity index (χ0v) is 20.2. The molecule has 186 valence electrons. The number of amides is 2. The Morgan fingerprint density at radius 2 is 1.76 bits per heavy atom. The summed E-state index contributed by atoms with van der Waals surface area (Å²) in [5.41, 5.74) is 0.491. The van der Waals surface area contributed by atoms with Crippen molar-refractivity contribution < 1.29 is 29.1 Å². The van der Waals surface area contributed by atoms with Crippen LogP contribution in [0.4, 0.5) is 0 Å². The van der Waals surface area contributed by atoms with Crippen molar-refractivity contribution in [3.63, 3.8) is 0 Å². The largest absolute Gasteiger partial charge is 0.481 e. The number of aldehydes is 1. The number of ketones is 1.